The maximum Gasteiger partial charge on any atom is 0.254 e. The van der Waals surface area contributed by atoms with Crippen molar-refractivity contribution in [1.82, 2.24) is 10.3 Å². The van der Waals surface area contributed by atoms with Gasteiger partial charge in [0.05, 0.1) is 11.8 Å². The number of carbonyl (C=O) groups is 1. The Balaban J connectivity index is 1.81. The molecule has 1 N–H and O–H groups in total. The maximum atomic E-state index is 13.1. The second-order valence-corrected chi connectivity index (χ2v) is 6.03. The molecule has 1 heterocycles. The second kappa shape index (κ2) is 7.02. The van der Waals surface area contributed by atoms with E-state index in [0.717, 1.165) is 24.6 Å². The third-order valence-electron chi connectivity index (χ3n) is 3.93. The Morgan fingerprint density at radius 1 is 1.55 bits per heavy atom. The average molecular weight is 299 g/mol. The molecule has 1 amide bonds. The van der Waals surface area contributed by atoms with Crippen molar-refractivity contribution >= 4 is 17.5 Å². The van der Waals surface area contributed by atoms with Crippen molar-refractivity contribution < 1.29 is 9.18 Å². The summed E-state index contributed by atoms with van der Waals surface area (Å²) in [6.45, 7) is 2.88. The number of halogens is 2. The Kier molecular flexibility index (Phi) is 5.35. The number of hydrogen-bond donors (Lipinski definition) is 1. The fraction of sp³-hybridized carbons (Fsp3) is 0.600. The number of rotatable bonds is 4. The minimum atomic E-state index is -0.555. The monoisotopic (exact) mass is 298 g/mol. The van der Waals surface area contributed by atoms with Crippen LogP contribution in [0.5, 0.6) is 0 Å². The van der Waals surface area contributed by atoms with Gasteiger partial charge in [0.1, 0.15) is 11.0 Å². The van der Waals surface area contributed by atoms with Crippen LogP contribution in [0, 0.1) is 17.7 Å². The minimum absolute atomic E-state index is 0.0372. The number of carbonyl (C=O) groups excluding carboxylic acids is 1. The van der Waals surface area contributed by atoms with Crippen LogP contribution in [0.4, 0.5) is 4.39 Å². The summed E-state index contributed by atoms with van der Waals surface area (Å²) >= 11 is 5.80. The minimum Gasteiger partial charge on any atom is -0.352 e. The van der Waals surface area contributed by atoms with Gasteiger partial charge in [-0.25, -0.2) is 9.37 Å². The van der Waals surface area contributed by atoms with Crippen LogP contribution in [0.3, 0.4) is 0 Å². The molecule has 1 saturated carbocycles. The Labute approximate surface area is 123 Å². The molecule has 1 aliphatic rings. The molecule has 1 aromatic heterocycles. The third kappa shape index (κ3) is 4.17. The van der Waals surface area contributed by atoms with E-state index in [-0.39, 0.29) is 16.6 Å². The maximum absolute atomic E-state index is 13.1. The number of nitrogens with zero attached hydrogens (tertiary/aromatic N) is 1. The van der Waals surface area contributed by atoms with Gasteiger partial charge >= 0.3 is 0 Å². The molecule has 2 unspecified atom stereocenters. The standard InChI is InChI=1S/C15H20ClFN2O/c1-10-3-2-4-11(7-10)5-6-18-15(20)13-8-12(17)9-19-14(13)16/h8-11H,2-7H2,1H3,(H,18,20). The third-order valence-corrected chi connectivity index (χ3v) is 4.23. The summed E-state index contributed by atoms with van der Waals surface area (Å²) in [6.07, 6.45) is 7.03. The highest BCUT2D eigenvalue weighted by Crippen LogP contribution is 2.30. The Bertz CT molecular complexity index is 481. The number of pyridine rings is 1. The molecule has 0 bridgehead atoms. The van der Waals surface area contributed by atoms with Gasteiger partial charge in [-0.05, 0) is 30.7 Å². The van der Waals surface area contributed by atoms with E-state index < -0.39 is 5.82 Å². The molecule has 0 aromatic carbocycles. The van der Waals surface area contributed by atoms with Crippen LogP contribution >= 0.6 is 11.6 Å². The lowest BCUT2D eigenvalue weighted by atomic mass is 9.81. The van der Waals surface area contributed by atoms with Gasteiger partial charge in [0, 0.05) is 6.54 Å². The molecular formula is C15H20ClFN2O. The first-order valence-corrected chi connectivity index (χ1v) is 7.53. The Hall–Kier alpha value is -1.16. The molecule has 5 heteroatoms. The van der Waals surface area contributed by atoms with E-state index in [0.29, 0.717) is 12.5 Å². The van der Waals surface area contributed by atoms with Crippen LogP contribution in [0.25, 0.3) is 0 Å². The van der Waals surface area contributed by atoms with E-state index in [1.165, 1.54) is 25.7 Å². The van der Waals surface area contributed by atoms with Crippen molar-refractivity contribution in [2.24, 2.45) is 11.8 Å². The average Bonchev–Trinajstić information content (AvgIpc) is 2.41. The first kappa shape index (κ1) is 15.2. The topological polar surface area (TPSA) is 42.0 Å². The quantitative estimate of drug-likeness (QED) is 0.859. The van der Waals surface area contributed by atoms with Crippen molar-refractivity contribution in [3.63, 3.8) is 0 Å². The predicted octanol–water partition coefficient (Wildman–Crippen LogP) is 3.82. The first-order chi connectivity index (χ1) is 9.56. The Morgan fingerprint density at radius 3 is 3.10 bits per heavy atom. The molecule has 3 nitrogen and oxygen atoms in total. The molecule has 2 rings (SSSR count). The molecule has 0 aliphatic heterocycles. The summed E-state index contributed by atoms with van der Waals surface area (Å²) < 4.78 is 13.1. The van der Waals surface area contributed by atoms with Crippen molar-refractivity contribution in [1.29, 1.82) is 0 Å². The van der Waals surface area contributed by atoms with Crippen molar-refractivity contribution in [3.8, 4) is 0 Å². The van der Waals surface area contributed by atoms with Gasteiger partial charge in [0.2, 0.25) is 0 Å². The lowest BCUT2D eigenvalue weighted by Crippen LogP contribution is -2.27. The zero-order valence-corrected chi connectivity index (χ0v) is 12.4. The smallest absolute Gasteiger partial charge is 0.254 e. The molecule has 20 heavy (non-hydrogen) atoms. The van der Waals surface area contributed by atoms with Crippen LogP contribution in [-0.2, 0) is 0 Å². The van der Waals surface area contributed by atoms with Gasteiger partial charge < -0.3 is 5.32 Å². The van der Waals surface area contributed by atoms with Gasteiger partial charge in [-0.3, -0.25) is 4.79 Å². The normalized spacial score (nSPS) is 22.6. The van der Waals surface area contributed by atoms with Crippen molar-refractivity contribution in [2.75, 3.05) is 6.54 Å². The highest BCUT2D eigenvalue weighted by Gasteiger charge is 2.19. The number of amides is 1. The van der Waals surface area contributed by atoms with Gasteiger partial charge in [-0.1, -0.05) is 37.8 Å². The van der Waals surface area contributed by atoms with Crippen LogP contribution in [0.2, 0.25) is 5.15 Å². The van der Waals surface area contributed by atoms with Gasteiger partial charge in [-0.2, -0.15) is 0 Å². The van der Waals surface area contributed by atoms with Gasteiger partial charge in [0.25, 0.3) is 5.91 Å². The predicted molar refractivity (Wildman–Crippen MR) is 77.3 cm³/mol. The highest BCUT2D eigenvalue weighted by molar-refractivity contribution is 6.32. The molecular weight excluding hydrogens is 279 g/mol. The van der Waals surface area contributed by atoms with E-state index in [1.54, 1.807) is 0 Å². The zero-order valence-electron chi connectivity index (χ0n) is 11.7. The van der Waals surface area contributed by atoms with E-state index >= 15 is 0 Å². The van der Waals surface area contributed by atoms with Crippen LogP contribution in [-0.4, -0.2) is 17.4 Å². The second-order valence-electron chi connectivity index (χ2n) is 5.67. The molecule has 0 radical (unpaired) electrons. The number of hydrogen-bond acceptors (Lipinski definition) is 2. The molecule has 0 saturated heterocycles. The molecule has 1 aromatic rings. The molecule has 110 valence electrons. The summed E-state index contributed by atoms with van der Waals surface area (Å²) in [5.41, 5.74) is 0.101. The number of aromatic nitrogens is 1. The van der Waals surface area contributed by atoms with Crippen LogP contribution in [0.15, 0.2) is 12.3 Å². The van der Waals surface area contributed by atoms with E-state index in [1.807, 2.05) is 0 Å². The summed E-state index contributed by atoms with van der Waals surface area (Å²) in [5.74, 6) is 0.554. The SMILES string of the molecule is CC1CCCC(CCNC(=O)c2cc(F)cnc2Cl)C1. The molecule has 0 spiro atoms. The van der Waals surface area contributed by atoms with Gasteiger partial charge in [0.15, 0.2) is 0 Å². The summed E-state index contributed by atoms with van der Waals surface area (Å²) in [7, 11) is 0. The van der Waals surface area contributed by atoms with E-state index in [9.17, 15) is 9.18 Å². The lowest BCUT2D eigenvalue weighted by Gasteiger charge is -2.26. The highest BCUT2D eigenvalue weighted by atomic mass is 35.5. The zero-order chi connectivity index (χ0) is 14.5. The van der Waals surface area contributed by atoms with Crippen LogP contribution in [0.1, 0.15) is 49.4 Å². The molecule has 1 aliphatic carbocycles. The largest absolute Gasteiger partial charge is 0.352 e. The molecule has 2 atom stereocenters. The summed E-state index contributed by atoms with van der Waals surface area (Å²) in [5, 5.41) is 2.84. The van der Waals surface area contributed by atoms with Crippen molar-refractivity contribution in [2.45, 2.75) is 39.0 Å². The Morgan fingerprint density at radius 2 is 2.35 bits per heavy atom. The van der Waals surface area contributed by atoms with E-state index in [2.05, 4.69) is 17.2 Å². The number of nitrogens with one attached hydrogen (secondary N) is 1. The fourth-order valence-corrected chi connectivity index (χ4v) is 3.08. The fourth-order valence-electron chi connectivity index (χ4n) is 2.89. The summed E-state index contributed by atoms with van der Waals surface area (Å²) in [6, 6.07) is 1.12. The summed E-state index contributed by atoms with van der Waals surface area (Å²) in [4.78, 5) is 15.6. The van der Waals surface area contributed by atoms with E-state index in [4.69, 9.17) is 11.6 Å². The molecule has 1 fully saturated rings. The van der Waals surface area contributed by atoms with Gasteiger partial charge in [-0.15, -0.1) is 0 Å². The van der Waals surface area contributed by atoms with Crippen molar-refractivity contribution in [3.05, 3.63) is 28.8 Å². The van der Waals surface area contributed by atoms with Crippen LogP contribution < -0.4 is 5.32 Å². The lowest BCUT2D eigenvalue weighted by molar-refractivity contribution is 0.0949. The first-order valence-electron chi connectivity index (χ1n) is 7.15.